The van der Waals surface area contributed by atoms with Gasteiger partial charge in [0.05, 0.1) is 4.92 Å². The lowest BCUT2D eigenvalue weighted by atomic mass is 10.1. The van der Waals surface area contributed by atoms with Gasteiger partial charge >= 0.3 is 0 Å². The van der Waals surface area contributed by atoms with Crippen molar-refractivity contribution in [1.82, 2.24) is 5.32 Å². The molecule has 1 aliphatic carbocycles. The van der Waals surface area contributed by atoms with Crippen molar-refractivity contribution in [2.75, 3.05) is 6.54 Å². The van der Waals surface area contributed by atoms with Gasteiger partial charge in [-0.25, -0.2) is 0 Å². The summed E-state index contributed by atoms with van der Waals surface area (Å²) in [6.45, 7) is 0.512. The topological polar surface area (TPSA) is 98.3 Å². The number of nitrogens with one attached hydrogen (secondary N) is 1. The van der Waals surface area contributed by atoms with Gasteiger partial charge in [-0.1, -0.05) is 12.1 Å². The van der Waals surface area contributed by atoms with Crippen LogP contribution in [0.15, 0.2) is 24.3 Å². The van der Waals surface area contributed by atoms with Gasteiger partial charge in [-0.3, -0.25) is 14.9 Å². The summed E-state index contributed by atoms with van der Waals surface area (Å²) in [5.41, 5.74) is 6.74. The molecule has 108 valence electrons. The number of aryl methyl sites for hydroxylation is 1. The molecule has 1 atom stereocenters. The Balaban J connectivity index is 1.74. The predicted octanol–water partition coefficient (Wildman–Crippen LogP) is 1.38. The number of nitro groups is 1. The molecule has 1 saturated carbocycles. The third kappa shape index (κ3) is 4.31. The van der Waals surface area contributed by atoms with Crippen molar-refractivity contribution < 1.29 is 9.72 Å². The van der Waals surface area contributed by atoms with Crippen LogP contribution in [0, 0.1) is 16.0 Å². The van der Waals surface area contributed by atoms with Crippen LogP contribution in [-0.2, 0) is 11.2 Å². The highest BCUT2D eigenvalue weighted by Gasteiger charge is 2.28. The molecule has 3 N–H and O–H groups in total. The first-order valence-electron chi connectivity index (χ1n) is 6.82. The summed E-state index contributed by atoms with van der Waals surface area (Å²) in [7, 11) is 0. The minimum atomic E-state index is -0.432. The molecule has 1 aromatic rings. The van der Waals surface area contributed by atoms with E-state index in [9.17, 15) is 14.9 Å². The van der Waals surface area contributed by atoms with E-state index in [1.165, 1.54) is 12.1 Å². The minimum absolute atomic E-state index is 0.0526. The Kier molecular flexibility index (Phi) is 4.68. The van der Waals surface area contributed by atoms with Crippen LogP contribution in [-0.4, -0.2) is 23.4 Å². The van der Waals surface area contributed by atoms with E-state index >= 15 is 0 Å². The Hall–Kier alpha value is -1.95. The number of non-ortho nitro benzene ring substituents is 1. The lowest BCUT2D eigenvalue weighted by Gasteiger charge is -2.11. The molecule has 1 fully saturated rings. The van der Waals surface area contributed by atoms with E-state index in [4.69, 9.17) is 5.73 Å². The van der Waals surface area contributed by atoms with Gasteiger partial charge in [-0.05, 0) is 30.7 Å². The van der Waals surface area contributed by atoms with E-state index in [1.807, 2.05) is 0 Å². The van der Waals surface area contributed by atoms with E-state index in [0.29, 0.717) is 25.3 Å². The van der Waals surface area contributed by atoms with E-state index < -0.39 is 4.92 Å². The molecule has 1 aliphatic rings. The van der Waals surface area contributed by atoms with Gasteiger partial charge in [0.15, 0.2) is 0 Å². The van der Waals surface area contributed by atoms with Crippen LogP contribution in [0.2, 0.25) is 0 Å². The van der Waals surface area contributed by atoms with Crippen LogP contribution in [0.4, 0.5) is 5.69 Å². The molecule has 1 unspecified atom stereocenters. The summed E-state index contributed by atoms with van der Waals surface area (Å²) in [5.74, 6) is 0.500. The molecule has 6 heteroatoms. The second-order valence-corrected chi connectivity index (χ2v) is 5.23. The summed E-state index contributed by atoms with van der Waals surface area (Å²) < 4.78 is 0. The fourth-order valence-corrected chi connectivity index (χ4v) is 2.09. The van der Waals surface area contributed by atoms with Gasteiger partial charge in [0, 0.05) is 31.1 Å². The predicted molar refractivity (Wildman–Crippen MR) is 75.1 cm³/mol. The van der Waals surface area contributed by atoms with E-state index in [-0.39, 0.29) is 17.6 Å². The number of hydrogen-bond acceptors (Lipinski definition) is 4. The average molecular weight is 277 g/mol. The summed E-state index contributed by atoms with van der Waals surface area (Å²) >= 11 is 0. The smallest absolute Gasteiger partial charge is 0.269 e. The Morgan fingerprint density at radius 1 is 1.50 bits per heavy atom. The molecule has 0 saturated heterocycles. The molecule has 0 aliphatic heterocycles. The first kappa shape index (κ1) is 14.5. The number of nitrogens with two attached hydrogens (primary N) is 1. The van der Waals surface area contributed by atoms with E-state index in [0.717, 1.165) is 18.4 Å². The number of carbonyl (C=O) groups is 1. The number of benzene rings is 1. The van der Waals surface area contributed by atoms with Crippen LogP contribution >= 0.6 is 0 Å². The van der Waals surface area contributed by atoms with Crippen LogP contribution in [0.1, 0.15) is 24.8 Å². The van der Waals surface area contributed by atoms with Gasteiger partial charge < -0.3 is 11.1 Å². The fourth-order valence-electron chi connectivity index (χ4n) is 2.09. The lowest BCUT2D eigenvalue weighted by molar-refractivity contribution is -0.384. The molecule has 0 heterocycles. The first-order chi connectivity index (χ1) is 9.56. The summed E-state index contributed by atoms with van der Waals surface area (Å²) in [6, 6.07) is 6.42. The molecule has 0 aromatic heterocycles. The SMILES string of the molecule is NC(CNC(=O)CCc1cccc([N+](=O)[O-])c1)C1CC1. The zero-order valence-corrected chi connectivity index (χ0v) is 11.2. The maximum Gasteiger partial charge on any atom is 0.269 e. The molecule has 6 nitrogen and oxygen atoms in total. The number of nitrogens with zero attached hydrogens (tertiary/aromatic N) is 1. The number of amides is 1. The molecule has 2 rings (SSSR count). The van der Waals surface area contributed by atoms with Crippen molar-refractivity contribution in [3.63, 3.8) is 0 Å². The van der Waals surface area contributed by atoms with Gasteiger partial charge in [0.25, 0.3) is 5.69 Å². The Bertz CT molecular complexity index is 500. The second kappa shape index (κ2) is 6.47. The molecule has 0 spiro atoms. The highest BCUT2D eigenvalue weighted by molar-refractivity contribution is 5.76. The van der Waals surface area contributed by atoms with E-state index in [1.54, 1.807) is 12.1 Å². The zero-order valence-electron chi connectivity index (χ0n) is 11.2. The third-order valence-electron chi connectivity index (χ3n) is 3.52. The third-order valence-corrected chi connectivity index (χ3v) is 3.52. The van der Waals surface area contributed by atoms with Gasteiger partial charge in [0.1, 0.15) is 0 Å². The summed E-state index contributed by atoms with van der Waals surface area (Å²) in [4.78, 5) is 21.9. The largest absolute Gasteiger partial charge is 0.355 e. The van der Waals surface area contributed by atoms with Crippen molar-refractivity contribution in [2.24, 2.45) is 11.7 Å². The van der Waals surface area contributed by atoms with Crippen LogP contribution in [0.5, 0.6) is 0 Å². The van der Waals surface area contributed by atoms with Crippen molar-refractivity contribution in [1.29, 1.82) is 0 Å². The molecular formula is C14H19N3O3. The number of carbonyl (C=O) groups excluding carboxylic acids is 1. The monoisotopic (exact) mass is 277 g/mol. The van der Waals surface area contributed by atoms with Crippen molar-refractivity contribution in [3.8, 4) is 0 Å². The minimum Gasteiger partial charge on any atom is -0.355 e. The van der Waals surface area contributed by atoms with E-state index in [2.05, 4.69) is 5.32 Å². The number of rotatable bonds is 7. The van der Waals surface area contributed by atoms with Gasteiger partial charge in [-0.2, -0.15) is 0 Å². The molecule has 20 heavy (non-hydrogen) atoms. The van der Waals surface area contributed by atoms with Crippen molar-refractivity contribution >= 4 is 11.6 Å². The molecule has 0 bridgehead atoms. The normalized spacial score (nSPS) is 15.7. The molecule has 1 amide bonds. The zero-order chi connectivity index (χ0) is 14.5. The lowest BCUT2D eigenvalue weighted by Crippen LogP contribution is -2.38. The first-order valence-corrected chi connectivity index (χ1v) is 6.82. The van der Waals surface area contributed by atoms with Crippen LogP contribution in [0.25, 0.3) is 0 Å². The van der Waals surface area contributed by atoms with Crippen molar-refractivity contribution in [2.45, 2.75) is 31.7 Å². The standard InChI is InChI=1S/C14H19N3O3/c15-13(11-5-6-11)9-16-14(18)7-4-10-2-1-3-12(8-10)17(19)20/h1-3,8,11,13H,4-7,9,15H2,(H,16,18). The van der Waals surface area contributed by atoms with Gasteiger partial charge in [-0.15, -0.1) is 0 Å². The highest BCUT2D eigenvalue weighted by atomic mass is 16.6. The molecule has 0 radical (unpaired) electrons. The number of nitro benzene ring substituents is 1. The average Bonchev–Trinajstić information content (AvgIpc) is 3.27. The summed E-state index contributed by atoms with van der Waals surface area (Å²) in [5, 5.41) is 13.5. The fraction of sp³-hybridized carbons (Fsp3) is 0.500. The Morgan fingerprint density at radius 2 is 2.25 bits per heavy atom. The number of hydrogen-bond donors (Lipinski definition) is 2. The highest BCUT2D eigenvalue weighted by Crippen LogP contribution is 2.31. The maximum absolute atomic E-state index is 11.7. The molecule has 1 aromatic carbocycles. The quantitative estimate of drug-likeness (QED) is 0.581. The van der Waals surface area contributed by atoms with Crippen LogP contribution in [0.3, 0.4) is 0 Å². The van der Waals surface area contributed by atoms with Crippen molar-refractivity contribution in [3.05, 3.63) is 39.9 Å². The van der Waals surface area contributed by atoms with Crippen LogP contribution < -0.4 is 11.1 Å². The maximum atomic E-state index is 11.7. The molecular weight excluding hydrogens is 258 g/mol. The summed E-state index contributed by atoms with van der Waals surface area (Å²) in [6.07, 6.45) is 3.13. The Labute approximate surface area is 117 Å². The van der Waals surface area contributed by atoms with Gasteiger partial charge in [0.2, 0.25) is 5.91 Å². The second-order valence-electron chi connectivity index (χ2n) is 5.23. The Morgan fingerprint density at radius 3 is 2.90 bits per heavy atom.